The summed E-state index contributed by atoms with van der Waals surface area (Å²) in [4.78, 5) is 23.5. The molecule has 1 aromatic heterocycles. The number of β-amino-alcohol motifs (C(OH)–C–C–N with tert-alkyl or cyclic N) is 1. The quantitative estimate of drug-likeness (QED) is 0.572. The molecule has 9 nitrogen and oxygen atoms in total. The third-order valence-electron chi connectivity index (χ3n) is 5.78. The number of ether oxygens (including phenoxy) is 2. The number of carbonyl (C=O) groups is 1. The van der Waals surface area contributed by atoms with Crippen LogP contribution in [0.25, 0.3) is 0 Å². The van der Waals surface area contributed by atoms with Crippen LogP contribution in [0.3, 0.4) is 0 Å². The minimum atomic E-state index is -0.518. The number of halogens is 1. The molecule has 1 saturated heterocycles. The Labute approximate surface area is 192 Å². The molecule has 172 valence electrons. The first-order chi connectivity index (χ1) is 15.5. The second-order valence-electron chi connectivity index (χ2n) is 8.02. The van der Waals surface area contributed by atoms with E-state index in [1.54, 1.807) is 24.5 Å². The van der Waals surface area contributed by atoms with Crippen LogP contribution in [0.4, 0.5) is 5.82 Å². The first-order valence-electron chi connectivity index (χ1n) is 10.8. The Bertz CT molecular complexity index is 960. The molecule has 3 N–H and O–H groups in total. The van der Waals surface area contributed by atoms with E-state index in [0.717, 1.165) is 37.6 Å². The minimum absolute atomic E-state index is 0.0161. The van der Waals surface area contributed by atoms with E-state index in [1.807, 2.05) is 6.92 Å². The lowest BCUT2D eigenvalue weighted by molar-refractivity contribution is 0.0237. The van der Waals surface area contributed by atoms with E-state index in [4.69, 9.17) is 21.1 Å². The maximum atomic E-state index is 12.8. The van der Waals surface area contributed by atoms with Crippen LogP contribution < -0.4 is 20.1 Å². The van der Waals surface area contributed by atoms with Gasteiger partial charge in [0.1, 0.15) is 19.0 Å². The van der Waals surface area contributed by atoms with Gasteiger partial charge < -0.3 is 25.2 Å². The van der Waals surface area contributed by atoms with Gasteiger partial charge in [0.05, 0.1) is 17.4 Å². The summed E-state index contributed by atoms with van der Waals surface area (Å²) in [5.41, 5.74) is 1.21. The smallest absolute Gasteiger partial charge is 0.255 e. The van der Waals surface area contributed by atoms with E-state index in [-0.39, 0.29) is 11.8 Å². The summed E-state index contributed by atoms with van der Waals surface area (Å²) in [6.07, 6.45) is 3.61. The first-order valence-corrected chi connectivity index (χ1v) is 11.2. The summed E-state index contributed by atoms with van der Waals surface area (Å²) >= 11 is 6.13. The number of aryl methyl sites for hydroxylation is 1. The lowest BCUT2D eigenvalue weighted by Gasteiger charge is -2.36. The Hall–Kier alpha value is -2.62. The van der Waals surface area contributed by atoms with Crippen molar-refractivity contribution in [1.29, 1.82) is 0 Å². The number of likely N-dealkylation sites (tertiary alicyclic amines) is 1. The summed E-state index contributed by atoms with van der Waals surface area (Å²) < 4.78 is 11.2. The predicted molar refractivity (Wildman–Crippen MR) is 121 cm³/mol. The van der Waals surface area contributed by atoms with Crippen molar-refractivity contribution in [3.63, 3.8) is 0 Å². The van der Waals surface area contributed by atoms with Gasteiger partial charge in [0.25, 0.3) is 5.91 Å². The van der Waals surface area contributed by atoms with Crippen molar-refractivity contribution in [1.82, 2.24) is 20.2 Å². The molecule has 2 unspecified atom stereocenters. The number of nitrogens with zero attached hydrogens (tertiary/aromatic N) is 3. The van der Waals surface area contributed by atoms with Crippen molar-refractivity contribution in [2.24, 2.45) is 5.92 Å². The van der Waals surface area contributed by atoms with Gasteiger partial charge in [0.15, 0.2) is 11.5 Å². The molecule has 1 amide bonds. The van der Waals surface area contributed by atoms with Crippen LogP contribution >= 0.6 is 11.6 Å². The number of aliphatic hydroxyl groups is 1. The van der Waals surface area contributed by atoms with E-state index in [9.17, 15) is 9.90 Å². The number of hydrogen-bond acceptors (Lipinski definition) is 8. The number of carbonyl (C=O) groups excluding carboxylic acids is 1. The van der Waals surface area contributed by atoms with Gasteiger partial charge in [-0.3, -0.25) is 14.7 Å². The van der Waals surface area contributed by atoms with E-state index in [2.05, 4.69) is 25.5 Å². The van der Waals surface area contributed by atoms with E-state index in [1.165, 1.54) is 0 Å². The number of fused-ring (bicyclic) bond motifs is 1. The minimum Gasteiger partial charge on any atom is -0.486 e. The van der Waals surface area contributed by atoms with Gasteiger partial charge in [-0.05, 0) is 26.0 Å². The van der Waals surface area contributed by atoms with Crippen molar-refractivity contribution in [2.75, 3.05) is 51.3 Å². The molecule has 4 rings (SSSR count). The van der Waals surface area contributed by atoms with Crippen LogP contribution in [0.2, 0.25) is 5.02 Å². The second kappa shape index (κ2) is 10.3. The SMILES string of the molecule is Cc1nccnc1NCCN1CCC(CNC(=O)c2cc(Cl)cc3c2OCCO3)C(O)C1. The van der Waals surface area contributed by atoms with E-state index < -0.39 is 6.10 Å². The molecule has 2 aliphatic heterocycles. The number of anilines is 1. The second-order valence-corrected chi connectivity index (χ2v) is 8.46. The number of hydrogen-bond donors (Lipinski definition) is 3. The molecular formula is C22H28ClN5O4. The number of amides is 1. The fourth-order valence-corrected chi connectivity index (χ4v) is 4.22. The van der Waals surface area contributed by atoms with Crippen molar-refractivity contribution < 1.29 is 19.4 Å². The first kappa shape index (κ1) is 22.6. The maximum absolute atomic E-state index is 12.8. The molecule has 2 atom stereocenters. The molecule has 3 heterocycles. The van der Waals surface area contributed by atoms with Crippen LogP contribution in [0.15, 0.2) is 24.5 Å². The Balaban J connectivity index is 1.25. The van der Waals surface area contributed by atoms with Crippen molar-refractivity contribution in [2.45, 2.75) is 19.4 Å². The number of nitrogens with one attached hydrogen (secondary N) is 2. The van der Waals surface area contributed by atoms with E-state index in [0.29, 0.717) is 48.4 Å². The highest BCUT2D eigenvalue weighted by atomic mass is 35.5. The van der Waals surface area contributed by atoms with Crippen LogP contribution in [-0.4, -0.2) is 77.9 Å². The zero-order valence-electron chi connectivity index (χ0n) is 18.0. The Morgan fingerprint density at radius 1 is 1.28 bits per heavy atom. The fraction of sp³-hybridized carbons (Fsp3) is 0.500. The molecule has 1 fully saturated rings. The fourth-order valence-electron chi connectivity index (χ4n) is 4.01. The summed E-state index contributed by atoms with van der Waals surface area (Å²) in [7, 11) is 0. The molecule has 0 bridgehead atoms. The highest BCUT2D eigenvalue weighted by Gasteiger charge is 2.29. The molecule has 0 aliphatic carbocycles. The Morgan fingerprint density at radius 3 is 2.91 bits per heavy atom. The maximum Gasteiger partial charge on any atom is 0.255 e. The molecular weight excluding hydrogens is 434 g/mol. The van der Waals surface area contributed by atoms with Crippen molar-refractivity contribution in [3.8, 4) is 11.5 Å². The van der Waals surface area contributed by atoms with Gasteiger partial charge in [-0.15, -0.1) is 0 Å². The third kappa shape index (κ3) is 5.40. The lowest BCUT2D eigenvalue weighted by atomic mass is 9.93. The molecule has 1 aromatic carbocycles. The van der Waals surface area contributed by atoms with Gasteiger partial charge in [0, 0.05) is 55.6 Å². The van der Waals surface area contributed by atoms with Crippen LogP contribution in [0.5, 0.6) is 11.5 Å². The number of aromatic nitrogens is 2. The van der Waals surface area contributed by atoms with Crippen LogP contribution in [0.1, 0.15) is 22.5 Å². The largest absolute Gasteiger partial charge is 0.486 e. The summed E-state index contributed by atoms with van der Waals surface area (Å²) in [6.45, 7) is 6.02. The third-order valence-corrected chi connectivity index (χ3v) is 6.00. The summed E-state index contributed by atoms with van der Waals surface area (Å²) in [5.74, 6) is 1.38. The zero-order chi connectivity index (χ0) is 22.5. The van der Waals surface area contributed by atoms with Crippen molar-refractivity contribution in [3.05, 3.63) is 40.8 Å². The molecule has 0 spiro atoms. The van der Waals surface area contributed by atoms with Gasteiger partial charge >= 0.3 is 0 Å². The summed E-state index contributed by atoms with van der Waals surface area (Å²) in [5, 5.41) is 17.2. The van der Waals surface area contributed by atoms with Crippen molar-refractivity contribution >= 4 is 23.3 Å². The summed E-state index contributed by atoms with van der Waals surface area (Å²) in [6, 6.07) is 3.22. The Morgan fingerprint density at radius 2 is 2.09 bits per heavy atom. The van der Waals surface area contributed by atoms with Gasteiger partial charge in [-0.1, -0.05) is 11.6 Å². The van der Waals surface area contributed by atoms with Gasteiger partial charge in [0.2, 0.25) is 0 Å². The number of piperidine rings is 1. The average molecular weight is 462 g/mol. The molecule has 32 heavy (non-hydrogen) atoms. The number of aliphatic hydroxyl groups excluding tert-OH is 1. The Kier molecular flexibility index (Phi) is 7.29. The number of benzene rings is 1. The topological polar surface area (TPSA) is 109 Å². The van der Waals surface area contributed by atoms with E-state index >= 15 is 0 Å². The van der Waals surface area contributed by atoms with Gasteiger partial charge in [-0.2, -0.15) is 0 Å². The highest BCUT2D eigenvalue weighted by Crippen LogP contribution is 2.36. The molecule has 2 aromatic rings. The molecule has 2 aliphatic rings. The lowest BCUT2D eigenvalue weighted by Crippen LogP contribution is -2.48. The molecule has 0 saturated carbocycles. The zero-order valence-corrected chi connectivity index (χ0v) is 18.8. The predicted octanol–water partition coefficient (Wildman–Crippen LogP) is 1.73. The van der Waals surface area contributed by atoms with Crippen LogP contribution in [-0.2, 0) is 0 Å². The number of rotatable bonds is 7. The van der Waals surface area contributed by atoms with Crippen LogP contribution in [0, 0.1) is 12.8 Å². The van der Waals surface area contributed by atoms with Gasteiger partial charge in [-0.25, -0.2) is 4.98 Å². The molecule has 0 radical (unpaired) electrons. The average Bonchev–Trinajstić information content (AvgIpc) is 2.79. The monoisotopic (exact) mass is 461 g/mol. The normalized spacial score (nSPS) is 20.6. The molecule has 10 heteroatoms. The highest BCUT2D eigenvalue weighted by molar-refractivity contribution is 6.31. The standard InChI is InChI=1S/C22H28ClN5O4/c1-14-21(25-4-3-24-14)26-5-7-28-6-2-15(18(29)13-28)12-27-22(30)17-10-16(23)11-19-20(17)32-9-8-31-19/h3-4,10-11,15,18,29H,2,5-9,12-13H2,1H3,(H,25,26)(H,27,30).